The molecule has 5 nitrogen and oxygen atoms in total. The molecule has 1 aliphatic carbocycles. The maximum absolute atomic E-state index is 12.5. The summed E-state index contributed by atoms with van der Waals surface area (Å²) < 4.78 is 0. The number of hydrogen-bond donors (Lipinski definition) is 3. The summed E-state index contributed by atoms with van der Waals surface area (Å²) in [7, 11) is 0. The molecule has 5 heteroatoms. The highest BCUT2D eigenvalue weighted by Crippen LogP contribution is 2.27. The first-order chi connectivity index (χ1) is 14.0. The number of carboxylic acids is 1. The van der Waals surface area contributed by atoms with Crippen LogP contribution in [0.1, 0.15) is 53.6 Å². The molecule has 1 fully saturated rings. The Morgan fingerprint density at radius 2 is 1.66 bits per heavy atom. The van der Waals surface area contributed by atoms with Gasteiger partial charge in [-0.15, -0.1) is 0 Å². The number of aliphatic hydroxyl groups is 1. The van der Waals surface area contributed by atoms with E-state index in [0.29, 0.717) is 24.0 Å². The number of hydrogen-bond acceptors (Lipinski definition) is 3. The second-order valence-electron chi connectivity index (χ2n) is 7.47. The van der Waals surface area contributed by atoms with Crippen molar-refractivity contribution in [1.82, 2.24) is 5.32 Å². The molecular formula is C24H25NO4. The third-order valence-corrected chi connectivity index (χ3v) is 5.15. The number of carbonyl (C=O) groups excluding carboxylic acids is 1. The lowest BCUT2D eigenvalue weighted by molar-refractivity contribution is -0.139. The van der Waals surface area contributed by atoms with Crippen LogP contribution in [0.25, 0.3) is 0 Å². The first-order valence-corrected chi connectivity index (χ1v) is 9.88. The Morgan fingerprint density at radius 3 is 2.28 bits per heavy atom. The molecule has 0 unspecified atom stereocenters. The fraction of sp³-hybridized carbons (Fsp3) is 0.333. The van der Waals surface area contributed by atoms with Crippen molar-refractivity contribution < 1.29 is 19.8 Å². The molecule has 0 radical (unpaired) electrons. The standard InChI is InChI=1S/C24H25NO4/c26-22(25-21(23(27)28)17-19-7-3-1-4-8-19)20-11-9-18(10-12-20)13-16-24(29)14-5-2-6-15-24/h1,3-4,7-12,21,29H,2,5-6,14-15,17H2,(H,25,26)(H,27,28)/t21-/m1/s1. The van der Waals surface area contributed by atoms with Gasteiger partial charge in [0.15, 0.2) is 0 Å². The van der Waals surface area contributed by atoms with Crippen LogP contribution in [-0.2, 0) is 11.2 Å². The Morgan fingerprint density at radius 1 is 1.00 bits per heavy atom. The Labute approximate surface area is 170 Å². The van der Waals surface area contributed by atoms with Crippen LogP contribution in [0.4, 0.5) is 0 Å². The monoisotopic (exact) mass is 391 g/mol. The van der Waals surface area contributed by atoms with E-state index in [1.807, 2.05) is 30.3 Å². The molecule has 1 aliphatic rings. The van der Waals surface area contributed by atoms with E-state index >= 15 is 0 Å². The Hall–Kier alpha value is -3.10. The van der Waals surface area contributed by atoms with Gasteiger partial charge in [-0.25, -0.2) is 4.79 Å². The van der Waals surface area contributed by atoms with Gasteiger partial charge in [0.05, 0.1) is 0 Å². The van der Waals surface area contributed by atoms with Gasteiger partial charge < -0.3 is 15.5 Å². The maximum Gasteiger partial charge on any atom is 0.326 e. The number of carbonyl (C=O) groups is 2. The number of rotatable bonds is 5. The van der Waals surface area contributed by atoms with Crippen LogP contribution < -0.4 is 5.32 Å². The normalized spacial score (nSPS) is 16.2. The fourth-order valence-electron chi connectivity index (χ4n) is 3.45. The Balaban J connectivity index is 1.64. The van der Waals surface area contributed by atoms with Crippen LogP contribution in [0.5, 0.6) is 0 Å². The van der Waals surface area contributed by atoms with Crippen LogP contribution in [-0.4, -0.2) is 33.7 Å². The Bertz CT molecular complexity index is 903. The quantitative estimate of drug-likeness (QED) is 0.684. The SMILES string of the molecule is O=C(N[C@H](Cc1ccccc1)C(=O)O)c1ccc(C#CC2(O)CCCCC2)cc1. The number of carboxylic acid groups (broad SMARTS) is 1. The summed E-state index contributed by atoms with van der Waals surface area (Å²) in [5, 5.41) is 22.5. The average molecular weight is 391 g/mol. The fourth-order valence-corrected chi connectivity index (χ4v) is 3.45. The van der Waals surface area contributed by atoms with Crippen LogP contribution in [0.15, 0.2) is 54.6 Å². The highest BCUT2D eigenvalue weighted by atomic mass is 16.4. The van der Waals surface area contributed by atoms with Crippen LogP contribution in [0.3, 0.4) is 0 Å². The van der Waals surface area contributed by atoms with Gasteiger partial charge in [-0.1, -0.05) is 48.6 Å². The lowest BCUT2D eigenvalue weighted by Crippen LogP contribution is -2.42. The van der Waals surface area contributed by atoms with E-state index in [1.165, 1.54) is 0 Å². The van der Waals surface area contributed by atoms with Crippen molar-refractivity contribution >= 4 is 11.9 Å². The van der Waals surface area contributed by atoms with Crippen molar-refractivity contribution in [3.05, 3.63) is 71.3 Å². The van der Waals surface area contributed by atoms with Gasteiger partial charge in [0.2, 0.25) is 0 Å². The van der Waals surface area contributed by atoms with E-state index in [0.717, 1.165) is 24.8 Å². The van der Waals surface area contributed by atoms with Crippen molar-refractivity contribution in [1.29, 1.82) is 0 Å². The predicted molar refractivity (Wildman–Crippen MR) is 110 cm³/mol. The first kappa shape index (κ1) is 20.6. The largest absolute Gasteiger partial charge is 0.480 e. The van der Waals surface area contributed by atoms with E-state index in [-0.39, 0.29) is 6.42 Å². The smallest absolute Gasteiger partial charge is 0.326 e. The van der Waals surface area contributed by atoms with Crippen molar-refractivity contribution in [3.63, 3.8) is 0 Å². The summed E-state index contributed by atoms with van der Waals surface area (Å²) in [6, 6.07) is 14.8. The van der Waals surface area contributed by atoms with E-state index < -0.39 is 23.5 Å². The highest BCUT2D eigenvalue weighted by molar-refractivity contribution is 5.96. The topological polar surface area (TPSA) is 86.6 Å². The van der Waals surface area contributed by atoms with E-state index in [9.17, 15) is 19.8 Å². The molecule has 2 aromatic rings. The van der Waals surface area contributed by atoms with Crippen molar-refractivity contribution in [2.24, 2.45) is 0 Å². The number of amides is 1. The molecule has 0 aromatic heterocycles. The molecule has 150 valence electrons. The highest BCUT2D eigenvalue weighted by Gasteiger charge is 2.26. The zero-order chi connectivity index (χ0) is 20.7. The van der Waals surface area contributed by atoms with Gasteiger partial charge in [0, 0.05) is 17.5 Å². The number of aliphatic carboxylic acids is 1. The van der Waals surface area contributed by atoms with Crippen molar-refractivity contribution in [2.75, 3.05) is 0 Å². The summed E-state index contributed by atoms with van der Waals surface area (Å²) in [4.78, 5) is 24.0. The zero-order valence-corrected chi connectivity index (χ0v) is 16.2. The van der Waals surface area contributed by atoms with Crippen molar-refractivity contribution in [2.45, 2.75) is 50.2 Å². The summed E-state index contributed by atoms with van der Waals surface area (Å²) >= 11 is 0. The molecule has 29 heavy (non-hydrogen) atoms. The van der Waals surface area contributed by atoms with Gasteiger partial charge in [-0.05, 0) is 55.5 Å². The molecule has 0 spiro atoms. The van der Waals surface area contributed by atoms with E-state index in [1.54, 1.807) is 24.3 Å². The van der Waals surface area contributed by atoms with Gasteiger partial charge >= 0.3 is 5.97 Å². The molecule has 0 bridgehead atoms. The second-order valence-corrected chi connectivity index (χ2v) is 7.47. The van der Waals surface area contributed by atoms with Crippen LogP contribution in [0, 0.1) is 11.8 Å². The number of benzene rings is 2. The molecule has 0 saturated heterocycles. The average Bonchev–Trinajstić information content (AvgIpc) is 2.73. The number of nitrogens with one attached hydrogen (secondary N) is 1. The van der Waals surface area contributed by atoms with E-state index in [2.05, 4.69) is 17.2 Å². The lowest BCUT2D eigenvalue weighted by Gasteiger charge is -2.26. The Kier molecular flexibility index (Phi) is 6.69. The second kappa shape index (κ2) is 9.40. The molecule has 1 amide bonds. The molecule has 3 rings (SSSR count). The van der Waals surface area contributed by atoms with Crippen LogP contribution in [0.2, 0.25) is 0 Å². The van der Waals surface area contributed by atoms with Crippen molar-refractivity contribution in [3.8, 4) is 11.8 Å². The van der Waals surface area contributed by atoms with Crippen LogP contribution >= 0.6 is 0 Å². The van der Waals surface area contributed by atoms with Gasteiger partial charge in [-0.2, -0.15) is 0 Å². The molecular weight excluding hydrogens is 366 g/mol. The minimum atomic E-state index is -1.08. The predicted octanol–water partition coefficient (Wildman–Crippen LogP) is 3.16. The van der Waals surface area contributed by atoms with Gasteiger partial charge in [-0.3, -0.25) is 4.79 Å². The molecule has 3 N–H and O–H groups in total. The molecule has 2 aromatic carbocycles. The minimum absolute atomic E-state index is 0.212. The lowest BCUT2D eigenvalue weighted by atomic mass is 9.85. The summed E-state index contributed by atoms with van der Waals surface area (Å²) in [5.41, 5.74) is 0.998. The van der Waals surface area contributed by atoms with Gasteiger partial charge in [0.25, 0.3) is 5.91 Å². The maximum atomic E-state index is 12.5. The van der Waals surface area contributed by atoms with E-state index in [4.69, 9.17) is 0 Å². The molecule has 0 aliphatic heterocycles. The summed E-state index contributed by atoms with van der Waals surface area (Å²) in [6.45, 7) is 0. The molecule has 0 heterocycles. The zero-order valence-electron chi connectivity index (χ0n) is 16.2. The van der Waals surface area contributed by atoms with Gasteiger partial charge in [0.1, 0.15) is 11.6 Å². The third kappa shape index (κ3) is 5.94. The first-order valence-electron chi connectivity index (χ1n) is 9.88. The third-order valence-electron chi connectivity index (χ3n) is 5.15. The molecule has 1 atom stereocenters. The minimum Gasteiger partial charge on any atom is -0.480 e. The summed E-state index contributed by atoms with van der Waals surface area (Å²) in [6.07, 6.45) is 4.70. The summed E-state index contributed by atoms with van der Waals surface area (Å²) in [5.74, 6) is 4.43. The molecule has 1 saturated carbocycles.